The van der Waals surface area contributed by atoms with Gasteiger partial charge >= 0.3 is 0 Å². The topological polar surface area (TPSA) is 29.5 Å². The molecule has 0 rings (SSSR count). The molecule has 0 aliphatic heterocycles. The molecule has 0 amide bonds. The van der Waals surface area contributed by atoms with Crippen LogP contribution in [0.2, 0.25) is 0 Å². The van der Waals surface area contributed by atoms with Crippen molar-refractivity contribution in [1.29, 1.82) is 0 Å². The van der Waals surface area contributed by atoms with Crippen LogP contribution in [0, 0.1) is 5.41 Å². The highest BCUT2D eigenvalue weighted by Gasteiger charge is 2.22. The molecule has 0 aliphatic carbocycles. The number of unbranched alkanes of at least 4 members (excludes halogenated alkanes) is 2. The molecule has 0 aromatic rings. The van der Waals surface area contributed by atoms with E-state index in [0.29, 0.717) is 12.0 Å². The van der Waals surface area contributed by atoms with Crippen LogP contribution in [0.4, 0.5) is 0 Å². The summed E-state index contributed by atoms with van der Waals surface area (Å²) < 4.78 is 0. The van der Waals surface area contributed by atoms with E-state index in [2.05, 4.69) is 25.7 Å². The highest BCUT2D eigenvalue weighted by atomic mass is 17.1. The van der Waals surface area contributed by atoms with Crippen molar-refractivity contribution in [3.05, 3.63) is 0 Å². The largest absolute Gasteiger partial charge is 0.252 e. The third-order valence-electron chi connectivity index (χ3n) is 3.06. The first-order valence-electron chi connectivity index (χ1n) is 5.95. The van der Waals surface area contributed by atoms with Crippen LogP contribution in [0.1, 0.15) is 65.7 Å². The van der Waals surface area contributed by atoms with Crippen molar-refractivity contribution in [3.8, 4) is 0 Å². The van der Waals surface area contributed by atoms with Gasteiger partial charge in [-0.1, -0.05) is 46.5 Å². The standard InChI is InChI=1S/C12H26O2/c1-4-6-8-12(3,9-7-5-2)10-11-14-13/h13H,4-11H2,1-3H3. The van der Waals surface area contributed by atoms with E-state index in [1.807, 2.05) is 0 Å². The van der Waals surface area contributed by atoms with E-state index in [9.17, 15) is 0 Å². The molecule has 0 bridgehead atoms. The smallest absolute Gasteiger partial charge is 0.0824 e. The Bertz CT molecular complexity index is 102. The van der Waals surface area contributed by atoms with Gasteiger partial charge in [0, 0.05) is 0 Å². The fourth-order valence-corrected chi connectivity index (χ4v) is 1.87. The Balaban J connectivity index is 3.89. The minimum absolute atomic E-state index is 0.370. The van der Waals surface area contributed by atoms with Gasteiger partial charge in [0.1, 0.15) is 0 Å². The molecule has 0 aliphatic rings. The van der Waals surface area contributed by atoms with Crippen molar-refractivity contribution in [1.82, 2.24) is 0 Å². The summed E-state index contributed by atoms with van der Waals surface area (Å²) in [6.45, 7) is 7.24. The zero-order valence-electron chi connectivity index (χ0n) is 10.0. The summed E-state index contributed by atoms with van der Waals surface area (Å²) in [5.74, 6) is 0. The van der Waals surface area contributed by atoms with E-state index < -0.39 is 0 Å². The van der Waals surface area contributed by atoms with Crippen molar-refractivity contribution in [2.45, 2.75) is 65.7 Å². The molecule has 14 heavy (non-hydrogen) atoms. The van der Waals surface area contributed by atoms with Gasteiger partial charge in [-0.25, -0.2) is 4.89 Å². The van der Waals surface area contributed by atoms with Crippen molar-refractivity contribution in [2.24, 2.45) is 5.41 Å². The van der Waals surface area contributed by atoms with E-state index in [0.717, 1.165) is 6.42 Å². The lowest BCUT2D eigenvalue weighted by Gasteiger charge is -2.29. The van der Waals surface area contributed by atoms with Crippen molar-refractivity contribution in [2.75, 3.05) is 6.61 Å². The maximum Gasteiger partial charge on any atom is 0.0824 e. The maximum absolute atomic E-state index is 8.38. The molecule has 2 heteroatoms. The molecular weight excluding hydrogens is 176 g/mol. The fraction of sp³-hybridized carbons (Fsp3) is 1.00. The summed E-state index contributed by atoms with van der Waals surface area (Å²) in [6, 6.07) is 0. The Morgan fingerprint density at radius 1 is 1.00 bits per heavy atom. The first-order chi connectivity index (χ1) is 6.68. The number of hydrogen-bond acceptors (Lipinski definition) is 2. The van der Waals surface area contributed by atoms with E-state index in [1.165, 1.54) is 38.5 Å². The molecule has 0 fully saturated rings. The second kappa shape index (κ2) is 8.25. The Morgan fingerprint density at radius 3 is 1.86 bits per heavy atom. The SMILES string of the molecule is CCCCC(C)(CCCC)CCOO. The molecule has 0 heterocycles. The molecule has 1 N–H and O–H groups in total. The van der Waals surface area contributed by atoms with Crippen molar-refractivity contribution >= 4 is 0 Å². The maximum atomic E-state index is 8.38. The van der Waals surface area contributed by atoms with Crippen LogP contribution in [0.5, 0.6) is 0 Å². The lowest BCUT2D eigenvalue weighted by Crippen LogP contribution is -2.18. The number of rotatable bonds is 9. The lowest BCUT2D eigenvalue weighted by atomic mass is 9.78. The predicted octanol–water partition coefficient (Wildman–Crippen LogP) is 4.25. The second-order valence-electron chi connectivity index (χ2n) is 4.60. The molecule has 0 spiro atoms. The van der Waals surface area contributed by atoms with E-state index in [4.69, 9.17) is 5.26 Å². The van der Waals surface area contributed by atoms with E-state index in [1.54, 1.807) is 0 Å². The van der Waals surface area contributed by atoms with Crippen LogP contribution >= 0.6 is 0 Å². The molecule has 86 valence electrons. The van der Waals surface area contributed by atoms with Gasteiger partial charge in [-0.05, 0) is 24.7 Å². The first kappa shape index (κ1) is 13.9. The van der Waals surface area contributed by atoms with Gasteiger partial charge in [0.05, 0.1) is 6.61 Å². The summed E-state index contributed by atoms with van der Waals surface area (Å²) in [5, 5.41) is 8.38. The van der Waals surface area contributed by atoms with Crippen molar-refractivity contribution < 1.29 is 10.1 Å². The molecule has 0 saturated carbocycles. The Morgan fingerprint density at radius 2 is 1.50 bits per heavy atom. The van der Waals surface area contributed by atoms with Crippen LogP contribution in [-0.4, -0.2) is 11.9 Å². The summed E-state index contributed by atoms with van der Waals surface area (Å²) >= 11 is 0. The highest BCUT2D eigenvalue weighted by molar-refractivity contribution is 4.73. The predicted molar refractivity (Wildman–Crippen MR) is 60.4 cm³/mol. The Hall–Kier alpha value is -0.0800. The summed E-state index contributed by atoms with van der Waals surface area (Å²) in [4.78, 5) is 4.20. The molecular formula is C12H26O2. The zero-order chi connectivity index (χ0) is 10.9. The van der Waals surface area contributed by atoms with Gasteiger partial charge in [0.15, 0.2) is 0 Å². The Kier molecular flexibility index (Phi) is 8.20. The van der Waals surface area contributed by atoms with E-state index >= 15 is 0 Å². The van der Waals surface area contributed by atoms with Gasteiger partial charge in [0.25, 0.3) is 0 Å². The molecule has 0 saturated heterocycles. The molecule has 0 aromatic carbocycles. The molecule has 2 nitrogen and oxygen atoms in total. The minimum atomic E-state index is 0.370. The van der Waals surface area contributed by atoms with Crippen LogP contribution < -0.4 is 0 Å². The summed E-state index contributed by atoms with van der Waals surface area (Å²) in [7, 11) is 0. The third-order valence-corrected chi connectivity index (χ3v) is 3.06. The van der Waals surface area contributed by atoms with Crippen LogP contribution in [-0.2, 0) is 4.89 Å². The molecule has 0 atom stereocenters. The van der Waals surface area contributed by atoms with Crippen LogP contribution in [0.3, 0.4) is 0 Å². The van der Waals surface area contributed by atoms with Gasteiger partial charge in [-0.15, -0.1) is 0 Å². The second-order valence-corrected chi connectivity index (χ2v) is 4.60. The molecule has 0 radical (unpaired) electrons. The number of hydrogen-bond donors (Lipinski definition) is 1. The van der Waals surface area contributed by atoms with E-state index in [-0.39, 0.29) is 0 Å². The molecule has 0 aromatic heterocycles. The van der Waals surface area contributed by atoms with Gasteiger partial charge < -0.3 is 0 Å². The fourth-order valence-electron chi connectivity index (χ4n) is 1.87. The van der Waals surface area contributed by atoms with Crippen LogP contribution in [0.25, 0.3) is 0 Å². The molecule has 0 unspecified atom stereocenters. The average Bonchev–Trinajstić information content (AvgIpc) is 2.21. The first-order valence-corrected chi connectivity index (χ1v) is 5.95. The lowest BCUT2D eigenvalue weighted by molar-refractivity contribution is -0.246. The highest BCUT2D eigenvalue weighted by Crippen LogP contribution is 2.34. The van der Waals surface area contributed by atoms with Gasteiger partial charge in [-0.3, -0.25) is 5.26 Å². The zero-order valence-corrected chi connectivity index (χ0v) is 10.0. The van der Waals surface area contributed by atoms with Gasteiger partial charge in [0.2, 0.25) is 0 Å². The third kappa shape index (κ3) is 6.39. The normalized spacial score (nSPS) is 12.0. The summed E-state index contributed by atoms with van der Waals surface area (Å²) in [5.41, 5.74) is 0.370. The van der Waals surface area contributed by atoms with Crippen LogP contribution in [0.15, 0.2) is 0 Å². The minimum Gasteiger partial charge on any atom is -0.252 e. The Labute approximate surface area is 88.6 Å². The van der Waals surface area contributed by atoms with Gasteiger partial charge in [-0.2, -0.15) is 0 Å². The average molecular weight is 202 g/mol. The monoisotopic (exact) mass is 202 g/mol. The van der Waals surface area contributed by atoms with Crippen molar-refractivity contribution in [3.63, 3.8) is 0 Å². The summed E-state index contributed by atoms with van der Waals surface area (Å²) in [6.07, 6.45) is 8.56. The quantitative estimate of drug-likeness (QED) is 0.447.